The summed E-state index contributed by atoms with van der Waals surface area (Å²) in [5.74, 6) is -1.52. The number of rotatable bonds is 2. The van der Waals surface area contributed by atoms with Crippen molar-refractivity contribution in [1.29, 1.82) is 0 Å². The zero-order valence-corrected chi connectivity index (χ0v) is 8.07. The van der Waals surface area contributed by atoms with E-state index in [1.807, 2.05) is 0 Å². The first-order valence-electron chi connectivity index (χ1n) is 3.89. The molecule has 1 heterocycles. The van der Waals surface area contributed by atoms with Crippen LogP contribution in [0.15, 0.2) is 4.52 Å². The molecule has 1 rings (SSSR count). The predicted octanol–water partition coefficient (Wildman–Crippen LogP) is 0.664. The lowest BCUT2D eigenvalue weighted by Crippen LogP contribution is -2.24. The third-order valence-corrected chi connectivity index (χ3v) is 1.84. The van der Waals surface area contributed by atoms with E-state index in [1.54, 1.807) is 0 Å². The molecule has 0 unspecified atom stereocenters. The smallest absolute Gasteiger partial charge is 0.343 e. The molecule has 6 nitrogen and oxygen atoms in total. The molecular weight excluding hydrogens is 188 g/mol. The van der Waals surface area contributed by atoms with Crippen molar-refractivity contribution in [3.63, 3.8) is 0 Å². The third-order valence-electron chi connectivity index (χ3n) is 1.84. The molecule has 0 aromatic carbocycles. The number of carbonyl (C=O) groups is 2. The Hall–Kier alpha value is -1.85. The van der Waals surface area contributed by atoms with Crippen LogP contribution in [-0.4, -0.2) is 29.2 Å². The fourth-order valence-electron chi connectivity index (χ4n) is 0.976. The van der Waals surface area contributed by atoms with Crippen molar-refractivity contribution in [1.82, 2.24) is 5.16 Å². The van der Waals surface area contributed by atoms with Crippen LogP contribution in [0.5, 0.6) is 0 Å². The SMILES string of the molecule is CC(=O)N(C)c1onc(C)c1C(=O)O. The number of aryl methyl sites for hydroxylation is 1. The number of hydrogen-bond acceptors (Lipinski definition) is 4. The number of nitrogens with zero attached hydrogens (tertiary/aromatic N) is 2. The van der Waals surface area contributed by atoms with Crippen LogP contribution in [0.25, 0.3) is 0 Å². The number of carbonyl (C=O) groups excluding carboxylic acids is 1. The summed E-state index contributed by atoms with van der Waals surface area (Å²) in [7, 11) is 1.43. The Morgan fingerprint density at radius 2 is 2.07 bits per heavy atom. The Labute approximate surface area is 80.1 Å². The highest BCUT2D eigenvalue weighted by molar-refractivity contribution is 5.99. The molecule has 0 radical (unpaired) electrons. The minimum absolute atomic E-state index is 0.0394. The Morgan fingerprint density at radius 1 is 1.50 bits per heavy atom. The molecule has 1 N–H and O–H groups in total. The summed E-state index contributed by atoms with van der Waals surface area (Å²) in [6.07, 6.45) is 0. The summed E-state index contributed by atoms with van der Waals surface area (Å²) < 4.78 is 4.75. The van der Waals surface area contributed by atoms with Gasteiger partial charge in [0.05, 0.1) is 5.69 Å². The second-order valence-corrected chi connectivity index (χ2v) is 2.83. The maximum atomic E-state index is 11.0. The fourth-order valence-corrected chi connectivity index (χ4v) is 0.976. The zero-order valence-electron chi connectivity index (χ0n) is 8.07. The lowest BCUT2D eigenvalue weighted by molar-refractivity contribution is -0.116. The van der Waals surface area contributed by atoms with Crippen LogP contribution in [0.1, 0.15) is 23.0 Å². The molecule has 1 aromatic rings. The van der Waals surface area contributed by atoms with Gasteiger partial charge in [0.15, 0.2) is 0 Å². The van der Waals surface area contributed by atoms with E-state index < -0.39 is 5.97 Å². The maximum Gasteiger partial charge on any atom is 0.343 e. The van der Waals surface area contributed by atoms with Gasteiger partial charge in [-0.1, -0.05) is 5.16 Å². The van der Waals surface area contributed by atoms with E-state index in [0.717, 1.165) is 4.90 Å². The fraction of sp³-hybridized carbons (Fsp3) is 0.375. The maximum absolute atomic E-state index is 11.0. The molecule has 1 aromatic heterocycles. The van der Waals surface area contributed by atoms with Gasteiger partial charge in [0.2, 0.25) is 11.8 Å². The largest absolute Gasteiger partial charge is 0.477 e. The average Bonchev–Trinajstić information content (AvgIpc) is 2.45. The van der Waals surface area contributed by atoms with E-state index >= 15 is 0 Å². The lowest BCUT2D eigenvalue weighted by atomic mass is 10.2. The normalized spacial score (nSPS) is 9.93. The number of aromatic nitrogens is 1. The Morgan fingerprint density at radius 3 is 2.50 bits per heavy atom. The van der Waals surface area contributed by atoms with E-state index in [2.05, 4.69) is 5.16 Å². The first kappa shape index (κ1) is 10.2. The van der Waals surface area contributed by atoms with Crippen LogP contribution in [-0.2, 0) is 4.79 Å². The molecule has 6 heteroatoms. The molecule has 0 fully saturated rings. The van der Waals surface area contributed by atoms with Gasteiger partial charge < -0.3 is 9.63 Å². The highest BCUT2D eigenvalue weighted by atomic mass is 16.5. The number of carboxylic acids is 1. The van der Waals surface area contributed by atoms with Gasteiger partial charge in [0.1, 0.15) is 5.56 Å². The standard InChI is InChI=1S/C8H10N2O4/c1-4-6(8(12)13)7(14-9-4)10(3)5(2)11/h1-3H3,(H,12,13). The van der Waals surface area contributed by atoms with E-state index in [1.165, 1.54) is 20.9 Å². The monoisotopic (exact) mass is 198 g/mol. The minimum Gasteiger partial charge on any atom is -0.477 e. The zero-order chi connectivity index (χ0) is 10.9. The molecule has 1 amide bonds. The average molecular weight is 198 g/mol. The summed E-state index contributed by atoms with van der Waals surface area (Å²) in [5.41, 5.74) is 0.170. The number of carboxylic acid groups (broad SMARTS) is 1. The van der Waals surface area contributed by atoms with Crippen LogP contribution in [0, 0.1) is 6.92 Å². The van der Waals surface area contributed by atoms with Crippen molar-refractivity contribution >= 4 is 17.8 Å². The molecular formula is C8H10N2O4. The number of amides is 1. The van der Waals surface area contributed by atoms with Gasteiger partial charge >= 0.3 is 5.97 Å². The molecule has 0 spiro atoms. The van der Waals surface area contributed by atoms with Crippen molar-refractivity contribution in [3.05, 3.63) is 11.3 Å². The Kier molecular flexibility index (Phi) is 2.55. The van der Waals surface area contributed by atoms with E-state index in [0.29, 0.717) is 0 Å². The number of anilines is 1. The van der Waals surface area contributed by atoms with Crippen LogP contribution in [0.2, 0.25) is 0 Å². The van der Waals surface area contributed by atoms with Crippen molar-refractivity contribution in [2.75, 3.05) is 11.9 Å². The molecule has 14 heavy (non-hydrogen) atoms. The van der Waals surface area contributed by atoms with E-state index in [9.17, 15) is 9.59 Å². The quantitative estimate of drug-likeness (QED) is 0.754. The van der Waals surface area contributed by atoms with Crippen LogP contribution < -0.4 is 4.90 Å². The summed E-state index contributed by atoms with van der Waals surface area (Å²) in [6.45, 7) is 2.81. The van der Waals surface area contributed by atoms with E-state index in [-0.39, 0.29) is 23.0 Å². The summed E-state index contributed by atoms with van der Waals surface area (Å²) in [6, 6.07) is 0. The molecule has 0 aliphatic carbocycles. The van der Waals surface area contributed by atoms with Crippen molar-refractivity contribution in [2.45, 2.75) is 13.8 Å². The van der Waals surface area contributed by atoms with Crippen LogP contribution in [0.3, 0.4) is 0 Å². The molecule has 0 saturated heterocycles. The van der Waals surface area contributed by atoms with Crippen molar-refractivity contribution in [3.8, 4) is 0 Å². The number of aromatic carboxylic acids is 1. The topological polar surface area (TPSA) is 83.6 Å². The first-order chi connectivity index (χ1) is 6.45. The Bertz CT molecular complexity index is 383. The van der Waals surface area contributed by atoms with Gasteiger partial charge in [0, 0.05) is 14.0 Å². The van der Waals surface area contributed by atoms with Crippen molar-refractivity contribution < 1.29 is 19.2 Å². The van der Waals surface area contributed by atoms with Gasteiger partial charge in [-0.3, -0.25) is 9.69 Å². The van der Waals surface area contributed by atoms with Gasteiger partial charge in [0.25, 0.3) is 0 Å². The third kappa shape index (κ3) is 1.59. The molecule has 0 saturated carbocycles. The van der Waals surface area contributed by atoms with Crippen LogP contribution in [0.4, 0.5) is 5.88 Å². The summed E-state index contributed by atoms with van der Waals surface area (Å²) in [5, 5.41) is 12.3. The molecule has 0 aliphatic rings. The summed E-state index contributed by atoms with van der Waals surface area (Å²) >= 11 is 0. The molecule has 0 atom stereocenters. The highest BCUT2D eigenvalue weighted by Gasteiger charge is 2.24. The molecule has 0 bridgehead atoms. The highest BCUT2D eigenvalue weighted by Crippen LogP contribution is 2.22. The minimum atomic E-state index is -1.16. The van der Waals surface area contributed by atoms with Crippen LogP contribution >= 0.6 is 0 Å². The predicted molar refractivity (Wildman–Crippen MR) is 47.3 cm³/mol. The molecule has 0 aliphatic heterocycles. The Balaban J connectivity index is 3.22. The molecule has 76 valence electrons. The summed E-state index contributed by atoms with van der Waals surface area (Å²) in [4.78, 5) is 22.9. The van der Waals surface area contributed by atoms with Gasteiger partial charge in [-0.25, -0.2) is 4.79 Å². The van der Waals surface area contributed by atoms with Crippen molar-refractivity contribution in [2.24, 2.45) is 0 Å². The lowest BCUT2D eigenvalue weighted by Gasteiger charge is -2.10. The second kappa shape index (κ2) is 3.49. The van der Waals surface area contributed by atoms with Gasteiger partial charge in [-0.05, 0) is 6.92 Å². The van der Waals surface area contributed by atoms with Gasteiger partial charge in [-0.2, -0.15) is 0 Å². The number of hydrogen-bond donors (Lipinski definition) is 1. The second-order valence-electron chi connectivity index (χ2n) is 2.83. The van der Waals surface area contributed by atoms with Gasteiger partial charge in [-0.15, -0.1) is 0 Å². The van der Waals surface area contributed by atoms with E-state index in [4.69, 9.17) is 9.63 Å². The first-order valence-corrected chi connectivity index (χ1v) is 3.89.